The van der Waals surface area contributed by atoms with Gasteiger partial charge in [0, 0.05) is 23.7 Å². The minimum Gasteiger partial charge on any atom is -0.497 e. The van der Waals surface area contributed by atoms with E-state index in [9.17, 15) is 0 Å². The molecule has 2 fully saturated rings. The smallest absolute Gasteiger partial charge is 0.227 e. The molecule has 3 heterocycles. The van der Waals surface area contributed by atoms with Crippen LogP contribution in [0, 0.1) is 0 Å². The molecule has 6 rings (SSSR count). The Morgan fingerprint density at radius 3 is 2.41 bits per heavy atom. The van der Waals surface area contributed by atoms with Crippen molar-refractivity contribution >= 4 is 28.6 Å². The zero-order valence-corrected chi connectivity index (χ0v) is 21.2. The lowest BCUT2D eigenvalue weighted by atomic mass is 9.92. The quantitative estimate of drug-likeness (QED) is 0.309. The summed E-state index contributed by atoms with van der Waals surface area (Å²) >= 11 is 0. The largest absolute Gasteiger partial charge is 0.497 e. The van der Waals surface area contributed by atoms with Crippen LogP contribution in [0.15, 0.2) is 48.9 Å². The van der Waals surface area contributed by atoms with Crippen LogP contribution in [-0.4, -0.2) is 43.7 Å². The van der Waals surface area contributed by atoms with Crippen LogP contribution >= 0.6 is 0 Å². The highest BCUT2D eigenvalue weighted by Gasteiger charge is 2.24. The number of fused-ring (bicyclic) bond motifs is 1. The zero-order chi connectivity index (χ0) is 25.2. The molecule has 0 radical (unpaired) electrons. The van der Waals surface area contributed by atoms with Gasteiger partial charge in [-0.3, -0.25) is 4.98 Å². The number of aromatic nitrogens is 5. The average Bonchev–Trinajstić information content (AvgIpc) is 3.61. The molecule has 9 nitrogen and oxygen atoms in total. The van der Waals surface area contributed by atoms with Crippen molar-refractivity contribution in [3.05, 3.63) is 48.9 Å². The number of pyridine rings is 1. The highest BCUT2D eigenvalue weighted by Crippen LogP contribution is 2.34. The fraction of sp³-hybridized carbons (Fsp3) is 0.429. The molecule has 37 heavy (non-hydrogen) atoms. The van der Waals surface area contributed by atoms with Crippen LogP contribution < -0.4 is 21.1 Å². The second kappa shape index (κ2) is 10.3. The summed E-state index contributed by atoms with van der Waals surface area (Å²) in [4.78, 5) is 19.2. The predicted octanol–water partition coefficient (Wildman–Crippen LogP) is 5.44. The molecule has 2 aliphatic rings. The van der Waals surface area contributed by atoms with E-state index in [4.69, 9.17) is 25.4 Å². The van der Waals surface area contributed by atoms with E-state index in [1.807, 2.05) is 48.9 Å². The van der Waals surface area contributed by atoms with Crippen LogP contribution in [0.5, 0.6) is 5.75 Å². The van der Waals surface area contributed by atoms with Crippen LogP contribution in [0.3, 0.4) is 0 Å². The molecule has 2 aliphatic carbocycles. The van der Waals surface area contributed by atoms with Crippen molar-refractivity contribution in [2.45, 2.75) is 69.5 Å². The summed E-state index contributed by atoms with van der Waals surface area (Å²) < 4.78 is 7.50. The van der Waals surface area contributed by atoms with E-state index >= 15 is 0 Å². The van der Waals surface area contributed by atoms with Gasteiger partial charge in [-0.2, -0.15) is 9.97 Å². The number of anilines is 3. The van der Waals surface area contributed by atoms with Gasteiger partial charge in [-0.05, 0) is 74.9 Å². The van der Waals surface area contributed by atoms with Gasteiger partial charge in [0.05, 0.1) is 31.0 Å². The highest BCUT2D eigenvalue weighted by atomic mass is 16.5. The minimum absolute atomic E-state index is 0.302. The molecule has 0 bridgehead atoms. The molecule has 4 aromatic rings. The zero-order valence-electron chi connectivity index (χ0n) is 21.2. The van der Waals surface area contributed by atoms with Crippen molar-refractivity contribution in [2.24, 2.45) is 5.73 Å². The van der Waals surface area contributed by atoms with Crippen LogP contribution in [0.2, 0.25) is 0 Å². The lowest BCUT2D eigenvalue weighted by molar-refractivity contribution is 0.410. The molecule has 0 amide bonds. The van der Waals surface area contributed by atoms with E-state index in [2.05, 4.69) is 20.2 Å². The molecule has 192 valence electrons. The van der Waals surface area contributed by atoms with Gasteiger partial charge >= 0.3 is 0 Å². The van der Waals surface area contributed by atoms with E-state index < -0.39 is 0 Å². The molecule has 0 unspecified atom stereocenters. The number of nitrogens with two attached hydrogens (primary N) is 1. The maximum Gasteiger partial charge on any atom is 0.227 e. The van der Waals surface area contributed by atoms with Gasteiger partial charge in [0.2, 0.25) is 5.95 Å². The monoisotopic (exact) mass is 498 g/mol. The summed E-state index contributed by atoms with van der Waals surface area (Å²) in [6.45, 7) is 0. The van der Waals surface area contributed by atoms with Gasteiger partial charge in [-0.25, -0.2) is 4.98 Å². The number of ether oxygens (including phenoxy) is 1. The number of imidazole rings is 1. The first kappa shape index (κ1) is 23.7. The number of hydrogen-bond donors (Lipinski definition) is 3. The van der Waals surface area contributed by atoms with Gasteiger partial charge in [0.15, 0.2) is 17.0 Å². The van der Waals surface area contributed by atoms with E-state index in [0.29, 0.717) is 29.9 Å². The van der Waals surface area contributed by atoms with Crippen LogP contribution in [0.25, 0.3) is 22.4 Å². The van der Waals surface area contributed by atoms with Crippen LogP contribution in [-0.2, 0) is 0 Å². The van der Waals surface area contributed by atoms with Crippen LogP contribution in [0.4, 0.5) is 17.5 Å². The SMILES string of the molecule is COc1ccc(-c2ccc(Nc3nc(NC4CCC(N)CC4)nc4c3ncn4C3CCCC3)cn2)cc1. The van der Waals surface area contributed by atoms with Gasteiger partial charge in [-0.15, -0.1) is 0 Å². The normalized spacial score (nSPS) is 20.3. The third-order valence-corrected chi connectivity index (χ3v) is 7.66. The fourth-order valence-electron chi connectivity index (χ4n) is 5.50. The summed E-state index contributed by atoms with van der Waals surface area (Å²) in [5.41, 5.74) is 10.6. The van der Waals surface area contributed by atoms with Crippen molar-refractivity contribution in [1.29, 1.82) is 0 Å². The molecule has 9 heteroatoms. The van der Waals surface area contributed by atoms with E-state index in [1.54, 1.807) is 7.11 Å². The lowest BCUT2D eigenvalue weighted by Gasteiger charge is -2.27. The topological polar surface area (TPSA) is 116 Å². The molecule has 0 aliphatic heterocycles. The predicted molar refractivity (Wildman–Crippen MR) is 146 cm³/mol. The van der Waals surface area contributed by atoms with Crippen molar-refractivity contribution in [2.75, 3.05) is 17.7 Å². The Morgan fingerprint density at radius 1 is 0.919 bits per heavy atom. The van der Waals surface area contributed by atoms with Crippen molar-refractivity contribution in [3.8, 4) is 17.0 Å². The standard InChI is InChI=1S/C28H34N8O/c1-37-23-13-6-18(7-14-23)24-15-12-21(16-30-24)32-26-25-27(36(17-31-25)22-4-2-3-5-22)35-28(34-26)33-20-10-8-19(29)9-11-20/h6-7,12-17,19-20,22H,2-5,8-11,29H2,1H3,(H2,32,33,34,35). The molecule has 0 spiro atoms. The molecule has 0 atom stereocenters. The molecular formula is C28H34N8O. The summed E-state index contributed by atoms with van der Waals surface area (Å²) in [7, 11) is 1.67. The van der Waals surface area contributed by atoms with Gasteiger partial charge in [-0.1, -0.05) is 12.8 Å². The Labute approximate surface area is 216 Å². The first-order valence-corrected chi connectivity index (χ1v) is 13.3. The molecule has 1 aromatic carbocycles. The number of methoxy groups -OCH3 is 1. The average molecular weight is 499 g/mol. The van der Waals surface area contributed by atoms with Crippen molar-refractivity contribution < 1.29 is 4.74 Å². The van der Waals surface area contributed by atoms with Crippen molar-refractivity contribution in [1.82, 2.24) is 24.5 Å². The molecule has 2 saturated carbocycles. The van der Waals surface area contributed by atoms with E-state index in [0.717, 1.165) is 72.4 Å². The summed E-state index contributed by atoms with van der Waals surface area (Å²) in [5.74, 6) is 2.15. The Kier molecular flexibility index (Phi) is 6.61. The Hall–Kier alpha value is -3.72. The van der Waals surface area contributed by atoms with E-state index in [-0.39, 0.29) is 0 Å². The second-order valence-electron chi connectivity index (χ2n) is 10.2. The second-order valence-corrected chi connectivity index (χ2v) is 10.2. The first-order valence-electron chi connectivity index (χ1n) is 13.3. The summed E-state index contributed by atoms with van der Waals surface area (Å²) in [6.07, 6.45) is 12.7. The fourth-order valence-corrected chi connectivity index (χ4v) is 5.50. The third kappa shape index (κ3) is 5.09. The van der Waals surface area contributed by atoms with Gasteiger partial charge < -0.3 is 25.7 Å². The van der Waals surface area contributed by atoms with Gasteiger partial charge in [0.1, 0.15) is 5.75 Å². The number of nitrogens with one attached hydrogen (secondary N) is 2. The first-order chi connectivity index (χ1) is 18.2. The lowest BCUT2D eigenvalue weighted by Crippen LogP contribution is -2.33. The van der Waals surface area contributed by atoms with Crippen molar-refractivity contribution in [3.63, 3.8) is 0 Å². The minimum atomic E-state index is 0.302. The molecule has 3 aromatic heterocycles. The Morgan fingerprint density at radius 2 is 1.70 bits per heavy atom. The van der Waals surface area contributed by atoms with E-state index in [1.165, 1.54) is 12.8 Å². The Bertz CT molecular complexity index is 1340. The van der Waals surface area contributed by atoms with Gasteiger partial charge in [0.25, 0.3) is 0 Å². The molecule has 0 saturated heterocycles. The number of rotatable bonds is 7. The van der Waals surface area contributed by atoms with Crippen LogP contribution in [0.1, 0.15) is 57.4 Å². The number of benzene rings is 1. The molecule has 4 N–H and O–H groups in total. The summed E-state index contributed by atoms with van der Waals surface area (Å²) in [5, 5.41) is 7.05. The number of hydrogen-bond acceptors (Lipinski definition) is 8. The summed E-state index contributed by atoms with van der Waals surface area (Å²) in [6, 6.07) is 13.0. The maximum atomic E-state index is 6.12. The molecular weight excluding hydrogens is 464 g/mol. The third-order valence-electron chi connectivity index (χ3n) is 7.66. The highest BCUT2D eigenvalue weighted by molar-refractivity contribution is 5.86. The maximum absolute atomic E-state index is 6.12. The Balaban J connectivity index is 1.29. The number of nitrogens with zero attached hydrogens (tertiary/aromatic N) is 5.